The van der Waals surface area contributed by atoms with Gasteiger partial charge >= 0.3 is 5.97 Å². The number of ether oxygens (including phenoxy) is 1. The second kappa shape index (κ2) is 6.49. The van der Waals surface area contributed by atoms with Crippen LogP contribution in [0.2, 0.25) is 0 Å². The van der Waals surface area contributed by atoms with E-state index in [0.717, 1.165) is 12.8 Å². The Bertz CT molecular complexity index is 535. The first kappa shape index (κ1) is 14.5. The predicted molar refractivity (Wildman–Crippen MR) is 71.2 cm³/mol. The number of hydrogen-bond donors (Lipinski definition) is 0. The number of benzene rings is 1. The fraction of sp³-hybridized carbons (Fsp3) is 0.467. The molecule has 0 amide bonds. The van der Waals surface area contributed by atoms with E-state index in [1.165, 1.54) is 18.2 Å². The van der Waals surface area contributed by atoms with Crippen LogP contribution in [0.3, 0.4) is 0 Å². The highest BCUT2D eigenvalue weighted by molar-refractivity contribution is 5.71. The first-order valence-electron chi connectivity index (χ1n) is 6.72. The molecule has 0 aromatic heterocycles. The molecule has 1 aromatic rings. The fourth-order valence-electron chi connectivity index (χ4n) is 2.15. The van der Waals surface area contributed by atoms with E-state index in [4.69, 9.17) is 10.00 Å². The summed E-state index contributed by atoms with van der Waals surface area (Å²) in [5.74, 6) is -0.653. The second-order valence-electron chi connectivity index (χ2n) is 4.85. The monoisotopic (exact) mass is 276 g/mol. The quantitative estimate of drug-likeness (QED) is 0.748. The lowest BCUT2D eigenvalue weighted by Crippen LogP contribution is -2.32. The van der Waals surface area contributed by atoms with Gasteiger partial charge in [-0.3, -0.25) is 9.69 Å². The molecule has 106 valence electrons. The molecule has 4 nitrogen and oxygen atoms in total. The molecule has 0 N–H and O–H groups in total. The molecule has 0 heterocycles. The van der Waals surface area contributed by atoms with Gasteiger partial charge in [0.15, 0.2) is 0 Å². The lowest BCUT2D eigenvalue weighted by molar-refractivity contribution is -0.144. The molecule has 1 aliphatic rings. The molecule has 20 heavy (non-hydrogen) atoms. The number of halogens is 1. The van der Waals surface area contributed by atoms with Crippen LogP contribution in [0.1, 0.15) is 30.9 Å². The van der Waals surface area contributed by atoms with Gasteiger partial charge in [-0.25, -0.2) is 4.39 Å². The summed E-state index contributed by atoms with van der Waals surface area (Å²) < 4.78 is 18.3. The van der Waals surface area contributed by atoms with Gasteiger partial charge in [0.1, 0.15) is 5.82 Å². The summed E-state index contributed by atoms with van der Waals surface area (Å²) in [6, 6.07) is 6.49. The van der Waals surface area contributed by atoms with Gasteiger partial charge in [-0.05, 0) is 43.5 Å². The summed E-state index contributed by atoms with van der Waals surface area (Å²) in [4.78, 5) is 13.5. The van der Waals surface area contributed by atoms with Crippen molar-refractivity contribution in [2.75, 3.05) is 13.2 Å². The van der Waals surface area contributed by atoms with Gasteiger partial charge < -0.3 is 4.74 Å². The van der Waals surface area contributed by atoms with Crippen molar-refractivity contribution in [2.45, 2.75) is 32.4 Å². The van der Waals surface area contributed by atoms with Crippen LogP contribution < -0.4 is 0 Å². The first-order valence-corrected chi connectivity index (χ1v) is 6.72. The van der Waals surface area contributed by atoms with E-state index in [0.29, 0.717) is 30.3 Å². The summed E-state index contributed by atoms with van der Waals surface area (Å²) in [6.07, 6.45) is 2.05. The molecular formula is C15H17FN2O2. The average Bonchev–Trinajstić information content (AvgIpc) is 3.23. The van der Waals surface area contributed by atoms with Crippen molar-refractivity contribution in [1.82, 2.24) is 4.90 Å². The molecule has 5 heteroatoms. The van der Waals surface area contributed by atoms with Gasteiger partial charge in [0, 0.05) is 12.6 Å². The van der Waals surface area contributed by atoms with Crippen molar-refractivity contribution in [2.24, 2.45) is 0 Å². The van der Waals surface area contributed by atoms with Gasteiger partial charge in [-0.1, -0.05) is 0 Å². The summed E-state index contributed by atoms with van der Waals surface area (Å²) in [5.41, 5.74) is 1.06. The molecule has 0 saturated heterocycles. The molecule has 0 radical (unpaired) electrons. The van der Waals surface area contributed by atoms with Crippen LogP contribution in [0.15, 0.2) is 18.2 Å². The van der Waals surface area contributed by atoms with Crippen LogP contribution >= 0.6 is 0 Å². The number of hydrogen-bond acceptors (Lipinski definition) is 4. The van der Waals surface area contributed by atoms with Crippen LogP contribution in [0.4, 0.5) is 4.39 Å². The van der Waals surface area contributed by atoms with E-state index in [1.807, 2.05) is 4.90 Å². The maximum absolute atomic E-state index is 13.3. The smallest absolute Gasteiger partial charge is 0.320 e. The zero-order valence-corrected chi connectivity index (χ0v) is 11.4. The maximum atomic E-state index is 13.3. The van der Waals surface area contributed by atoms with Gasteiger partial charge in [0.05, 0.1) is 24.8 Å². The van der Waals surface area contributed by atoms with E-state index < -0.39 is 0 Å². The number of nitriles is 1. The van der Waals surface area contributed by atoms with Crippen molar-refractivity contribution >= 4 is 5.97 Å². The van der Waals surface area contributed by atoms with Crippen molar-refractivity contribution in [3.05, 3.63) is 35.1 Å². The van der Waals surface area contributed by atoms with Gasteiger partial charge in [-0.15, -0.1) is 0 Å². The largest absolute Gasteiger partial charge is 0.465 e. The van der Waals surface area contributed by atoms with E-state index in [-0.39, 0.29) is 18.3 Å². The Kier molecular flexibility index (Phi) is 4.70. The third-order valence-corrected chi connectivity index (χ3v) is 3.26. The zero-order valence-electron chi connectivity index (χ0n) is 11.4. The number of esters is 1. The highest BCUT2D eigenvalue weighted by atomic mass is 19.1. The van der Waals surface area contributed by atoms with Crippen molar-refractivity contribution in [3.63, 3.8) is 0 Å². The normalized spacial score (nSPS) is 14.1. The van der Waals surface area contributed by atoms with E-state index in [9.17, 15) is 9.18 Å². The molecule has 1 aliphatic carbocycles. The lowest BCUT2D eigenvalue weighted by Gasteiger charge is -2.21. The van der Waals surface area contributed by atoms with Crippen LogP contribution in [-0.2, 0) is 16.1 Å². The van der Waals surface area contributed by atoms with Crippen LogP contribution in [-0.4, -0.2) is 30.1 Å². The van der Waals surface area contributed by atoms with Crippen LogP contribution in [0.25, 0.3) is 0 Å². The van der Waals surface area contributed by atoms with Crippen molar-refractivity contribution in [3.8, 4) is 6.07 Å². The van der Waals surface area contributed by atoms with Gasteiger partial charge in [0.2, 0.25) is 0 Å². The second-order valence-corrected chi connectivity index (χ2v) is 4.85. The molecule has 0 unspecified atom stereocenters. The predicted octanol–water partition coefficient (Wildman–Crippen LogP) is 2.22. The minimum Gasteiger partial charge on any atom is -0.465 e. The molecule has 0 atom stereocenters. The van der Waals surface area contributed by atoms with Crippen LogP contribution in [0, 0.1) is 17.1 Å². The molecule has 1 saturated carbocycles. The molecular weight excluding hydrogens is 259 g/mol. The number of carbonyl (C=O) groups is 1. The lowest BCUT2D eigenvalue weighted by atomic mass is 10.1. The molecule has 2 rings (SSSR count). The van der Waals surface area contributed by atoms with E-state index in [1.54, 1.807) is 6.92 Å². The number of nitrogens with zero attached hydrogens (tertiary/aromatic N) is 2. The maximum Gasteiger partial charge on any atom is 0.320 e. The highest BCUT2D eigenvalue weighted by Gasteiger charge is 2.31. The van der Waals surface area contributed by atoms with Gasteiger partial charge in [0.25, 0.3) is 0 Å². The zero-order chi connectivity index (χ0) is 14.5. The van der Waals surface area contributed by atoms with Crippen LogP contribution in [0.5, 0.6) is 0 Å². The summed E-state index contributed by atoms with van der Waals surface area (Å²) >= 11 is 0. The van der Waals surface area contributed by atoms with E-state index >= 15 is 0 Å². The fourth-order valence-corrected chi connectivity index (χ4v) is 2.15. The summed E-state index contributed by atoms with van der Waals surface area (Å²) in [7, 11) is 0. The Labute approximate surface area is 117 Å². The Morgan fingerprint density at radius 1 is 1.55 bits per heavy atom. The third kappa shape index (κ3) is 3.78. The van der Waals surface area contributed by atoms with Gasteiger partial charge in [-0.2, -0.15) is 5.26 Å². The molecule has 0 spiro atoms. The Balaban J connectivity index is 2.10. The Morgan fingerprint density at radius 3 is 2.90 bits per heavy atom. The summed E-state index contributed by atoms with van der Waals surface area (Å²) in [6.45, 7) is 2.69. The molecule has 1 aromatic carbocycles. The van der Waals surface area contributed by atoms with Crippen molar-refractivity contribution < 1.29 is 13.9 Å². The first-order chi connectivity index (χ1) is 9.63. The molecule has 0 bridgehead atoms. The standard InChI is InChI=1S/C15H17FN2O2/c1-2-20-15(19)10-18(14-5-6-14)9-12-7-13(16)4-3-11(12)8-17/h3-4,7,14H,2,5-6,9-10H2,1H3. The SMILES string of the molecule is CCOC(=O)CN(Cc1cc(F)ccc1C#N)C1CC1. The molecule has 1 fully saturated rings. The summed E-state index contributed by atoms with van der Waals surface area (Å²) in [5, 5.41) is 9.06. The average molecular weight is 276 g/mol. The highest BCUT2D eigenvalue weighted by Crippen LogP contribution is 2.28. The number of rotatable bonds is 6. The topological polar surface area (TPSA) is 53.3 Å². The molecule has 0 aliphatic heterocycles. The minimum absolute atomic E-state index is 0.180. The third-order valence-electron chi connectivity index (χ3n) is 3.26. The number of carbonyl (C=O) groups excluding carboxylic acids is 1. The van der Waals surface area contributed by atoms with E-state index in [2.05, 4.69) is 6.07 Å². The van der Waals surface area contributed by atoms with Crippen molar-refractivity contribution in [1.29, 1.82) is 5.26 Å². The minimum atomic E-state index is -0.370. The Morgan fingerprint density at radius 2 is 2.30 bits per heavy atom. The Hall–Kier alpha value is -1.93.